The van der Waals surface area contributed by atoms with Crippen molar-refractivity contribution in [2.45, 2.75) is 0 Å². The summed E-state index contributed by atoms with van der Waals surface area (Å²) in [5.41, 5.74) is 6.32. The Labute approximate surface area is 83.7 Å². The van der Waals surface area contributed by atoms with Crippen LogP contribution in [0.4, 0.5) is 5.69 Å². The Kier molecular flexibility index (Phi) is 1.91. The third kappa shape index (κ3) is 1.07. The third-order valence-corrected chi connectivity index (χ3v) is 3.39. The normalized spacial score (nSPS) is 10.8. The predicted molar refractivity (Wildman–Crippen MR) is 56.3 cm³/mol. The number of anilines is 1. The van der Waals surface area contributed by atoms with Crippen LogP contribution in [0.15, 0.2) is 17.5 Å². The van der Waals surface area contributed by atoms with Crippen molar-refractivity contribution in [3.05, 3.63) is 27.6 Å². The molecule has 0 unspecified atom stereocenters. The Morgan fingerprint density at radius 2 is 1.92 bits per heavy atom. The molecule has 2 rings (SSSR count). The molecular formula is C8H5Cl2NS. The van der Waals surface area contributed by atoms with Crippen molar-refractivity contribution < 1.29 is 0 Å². The number of fused-ring (bicyclic) bond motifs is 1. The summed E-state index contributed by atoms with van der Waals surface area (Å²) in [5.74, 6) is 0. The van der Waals surface area contributed by atoms with E-state index in [4.69, 9.17) is 28.9 Å². The van der Waals surface area contributed by atoms with Crippen LogP contribution < -0.4 is 5.73 Å². The summed E-state index contributed by atoms with van der Waals surface area (Å²) in [6, 6.07) is 3.70. The summed E-state index contributed by atoms with van der Waals surface area (Å²) in [6.07, 6.45) is 0. The van der Waals surface area contributed by atoms with E-state index in [1.807, 2.05) is 11.4 Å². The zero-order chi connectivity index (χ0) is 8.72. The molecule has 0 amide bonds. The van der Waals surface area contributed by atoms with Gasteiger partial charge in [0.2, 0.25) is 0 Å². The highest BCUT2D eigenvalue weighted by Crippen LogP contribution is 2.37. The van der Waals surface area contributed by atoms with Gasteiger partial charge >= 0.3 is 0 Å². The molecule has 0 radical (unpaired) electrons. The van der Waals surface area contributed by atoms with E-state index in [1.54, 1.807) is 17.4 Å². The van der Waals surface area contributed by atoms with Gasteiger partial charge in [0.15, 0.2) is 0 Å². The molecule has 4 heteroatoms. The van der Waals surface area contributed by atoms with E-state index in [0.29, 0.717) is 15.7 Å². The second-order valence-corrected chi connectivity index (χ2v) is 4.14. The Hall–Kier alpha value is -0.440. The summed E-state index contributed by atoms with van der Waals surface area (Å²) in [6.45, 7) is 0. The largest absolute Gasteiger partial charge is 0.397 e. The van der Waals surface area contributed by atoms with E-state index in [0.717, 1.165) is 10.1 Å². The number of thiophene rings is 1. The van der Waals surface area contributed by atoms with Crippen LogP contribution in [-0.4, -0.2) is 0 Å². The van der Waals surface area contributed by atoms with Gasteiger partial charge in [-0.2, -0.15) is 0 Å². The minimum atomic E-state index is 0.558. The first-order valence-electron chi connectivity index (χ1n) is 3.31. The molecule has 0 fully saturated rings. The molecule has 2 N–H and O–H groups in total. The quantitative estimate of drug-likeness (QED) is 0.669. The maximum Gasteiger partial charge on any atom is 0.0643 e. The number of hydrogen-bond acceptors (Lipinski definition) is 2. The fourth-order valence-corrected chi connectivity index (χ4v) is 2.48. The number of hydrogen-bond donors (Lipinski definition) is 1. The van der Waals surface area contributed by atoms with E-state index in [2.05, 4.69) is 0 Å². The lowest BCUT2D eigenvalue weighted by molar-refractivity contribution is 1.79. The lowest BCUT2D eigenvalue weighted by Crippen LogP contribution is -1.86. The first-order chi connectivity index (χ1) is 5.70. The Morgan fingerprint density at radius 1 is 1.17 bits per heavy atom. The van der Waals surface area contributed by atoms with Gasteiger partial charge in [0.05, 0.1) is 15.7 Å². The van der Waals surface area contributed by atoms with Crippen LogP contribution in [-0.2, 0) is 0 Å². The van der Waals surface area contributed by atoms with Gasteiger partial charge in [0, 0.05) is 15.5 Å². The maximum atomic E-state index is 5.92. The second-order valence-electron chi connectivity index (χ2n) is 2.42. The van der Waals surface area contributed by atoms with Crippen molar-refractivity contribution in [1.82, 2.24) is 0 Å². The summed E-state index contributed by atoms with van der Waals surface area (Å²) >= 11 is 13.3. The molecular weight excluding hydrogens is 213 g/mol. The number of nitrogen functional groups attached to an aromatic ring is 1. The Balaban J connectivity index is 2.96. The zero-order valence-corrected chi connectivity index (χ0v) is 8.30. The molecule has 0 aliphatic carbocycles. The second kappa shape index (κ2) is 2.80. The monoisotopic (exact) mass is 217 g/mol. The zero-order valence-electron chi connectivity index (χ0n) is 5.97. The van der Waals surface area contributed by atoms with E-state index in [9.17, 15) is 0 Å². The van der Waals surface area contributed by atoms with Gasteiger partial charge in [-0.15, -0.1) is 11.3 Å². The molecule has 0 aliphatic heterocycles. The first-order valence-corrected chi connectivity index (χ1v) is 4.94. The summed E-state index contributed by atoms with van der Waals surface area (Å²) in [4.78, 5) is 0. The molecule has 1 aromatic carbocycles. The van der Waals surface area contributed by atoms with E-state index < -0.39 is 0 Å². The molecule has 12 heavy (non-hydrogen) atoms. The van der Waals surface area contributed by atoms with Gasteiger partial charge in [0.25, 0.3) is 0 Å². The average Bonchev–Trinajstić information content (AvgIpc) is 2.41. The van der Waals surface area contributed by atoms with Gasteiger partial charge in [-0.05, 0) is 12.1 Å². The Bertz CT molecular complexity index is 436. The minimum absolute atomic E-state index is 0.558. The highest BCUT2D eigenvalue weighted by atomic mass is 35.5. The summed E-state index contributed by atoms with van der Waals surface area (Å²) in [7, 11) is 0. The van der Waals surface area contributed by atoms with Crippen LogP contribution in [0.25, 0.3) is 10.1 Å². The molecule has 2 aromatic rings. The van der Waals surface area contributed by atoms with E-state index in [1.165, 1.54) is 0 Å². The Morgan fingerprint density at radius 3 is 2.67 bits per heavy atom. The van der Waals surface area contributed by atoms with Crippen molar-refractivity contribution in [3.8, 4) is 0 Å². The highest BCUT2D eigenvalue weighted by Gasteiger charge is 2.07. The van der Waals surface area contributed by atoms with Gasteiger partial charge in [-0.25, -0.2) is 0 Å². The average molecular weight is 218 g/mol. The van der Waals surface area contributed by atoms with Crippen LogP contribution in [0.5, 0.6) is 0 Å². The minimum Gasteiger partial charge on any atom is -0.397 e. The van der Waals surface area contributed by atoms with Gasteiger partial charge < -0.3 is 5.73 Å². The summed E-state index contributed by atoms with van der Waals surface area (Å²) < 4.78 is 1.07. The molecule has 62 valence electrons. The van der Waals surface area contributed by atoms with Crippen LogP contribution in [0.3, 0.4) is 0 Å². The predicted octanol–water partition coefficient (Wildman–Crippen LogP) is 3.79. The molecule has 0 saturated carbocycles. The van der Waals surface area contributed by atoms with Crippen molar-refractivity contribution in [2.24, 2.45) is 0 Å². The van der Waals surface area contributed by atoms with Gasteiger partial charge in [0.1, 0.15) is 0 Å². The molecule has 0 spiro atoms. The van der Waals surface area contributed by atoms with E-state index >= 15 is 0 Å². The number of nitrogens with two attached hydrogens (primary N) is 1. The smallest absolute Gasteiger partial charge is 0.0643 e. The molecule has 1 heterocycles. The van der Waals surface area contributed by atoms with Gasteiger partial charge in [-0.1, -0.05) is 23.2 Å². The van der Waals surface area contributed by atoms with Gasteiger partial charge in [-0.3, -0.25) is 0 Å². The number of benzene rings is 1. The van der Waals surface area contributed by atoms with Crippen LogP contribution >= 0.6 is 34.5 Å². The number of rotatable bonds is 0. The SMILES string of the molecule is Nc1c(Cl)ccc2scc(Cl)c12. The standard InChI is InChI=1S/C8H5Cl2NS/c9-4-1-2-6-7(8(4)11)5(10)3-12-6/h1-3H,11H2. The van der Waals surface area contributed by atoms with Crippen LogP contribution in [0.1, 0.15) is 0 Å². The third-order valence-electron chi connectivity index (χ3n) is 1.68. The van der Waals surface area contributed by atoms with Crippen LogP contribution in [0.2, 0.25) is 10.0 Å². The highest BCUT2D eigenvalue weighted by molar-refractivity contribution is 7.18. The van der Waals surface area contributed by atoms with Crippen molar-refractivity contribution in [3.63, 3.8) is 0 Å². The fourth-order valence-electron chi connectivity index (χ4n) is 1.09. The molecule has 1 nitrogen and oxygen atoms in total. The van der Waals surface area contributed by atoms with Crippen LogP contribution in [0, 0.1) is 0 Å². The van der Waals surface area contributed by atoms with Crippen molar-refractivity contribution in [1.29, 1.82) is 0 Å². The first kappa shape index (κ1) is 8.17. The van der Waals surface area contributed by atoms with Crippen molar-refractivity contribution >= 4 is 50.3 Å². The molecule has 0 aliphatic rings. The van der Waals surface area contributed by atoms with E-state index in [-0.39, 0.29) is 0 Å². The summed E-state index contributed by atoms with van der Waals surface area (Å²) in [5, 5.41) is 3.96. The molecule has 0 bridgehead atoms. The molecule has 0 atom stereocenters. The fraction of sp³-hybridized carbons (Fsp3) is 0. The molecule has 0 saturated heterocycles. The molecule has 1 aromatic heterocycles. The lowest BCUT2D eigenvalue weighted by atomic mass is 10.2. The topological polar surface area (TPSA) is 26.0 Å². The maximum absolute atomic E-state index is 5.92. The van der Waals surface area contributed by atoms with Crippen molar-refractivity contribution in [2.75, 3.05) is 5.73 Å². The number of halogens is 2. The lowest BCUT2D eigenvalue weighted by Gasteiger charge is -1.98.